The SMILES string of the molecule is CC(C)(C)CC(=O)N1CCC(O)(C(F)(F)C(=O)O)CC1. The molecule has 2 N–H and O–H groups in total. The highest BCUT2D eigenvalue weighted by Gasteiger charge is 2.59. The second-order valence-corrected chi connectivity index (χ2v) is 6.53. The van der Waals surface area contributed by atoms with Crippen molar-refractivity contribution in [3.8, 4) is 0 Å². The van der Waals surface area contributed by atoms with E-state index in [-0.39, 0.29) is 30.8 Å². The smallest absolute Gasteiger partial charge is 0.377 e. The Kier molecular flexibility index (Phi) is 4.43. The number of carboxylic acid groups (broad SMARTS) is 1. The lowest BCUT2D eigenvalue weighted by molar-refractivity contribution is -0.218. The molecule has 1 amide bonds. The number of nitrogens with zero attached hydrogens (tertiary/aromatic N) is 1. The highest BCUT2D eigenvalue weighted by Crippen LogP contribution is 2.38. The topological polar surface area (TPSA) is 77.8 Å². The van der Waals surface area contributed by atoms with E-state index in [1.165, 1.54) is 4.90 Å². The summed E-state index contributed by atoms with van der Waals surface area (Å²) in [6, 6.07) is 0. The fourth-order valence-corrected chi connectivity index (χ4v) is 2.20. The molecule has 5 nitrogen and oxygen atoms in total. The second-order valence-electron chi connectivity index (χ2n) is 6.53. The van der Waals surface area contributed by atoms with Crippen LogP contribution in [-0.4, -0.2) is 51.6 Å². The van der Waals surface area contributed by atoms with E-state index in [0.717, 1.165) is 0 Å². The van der Waals surface area contributed by atoms with Crippen molar-refractivity contribution in [3.63, 3.8) is 0 Å². The van der Waals surface area contributed by atoms with Gasteiger partial charge in [-0.25, -0.2) is 4.79 Å². The molecule has 1 aliphatic rings. The normalized spacial score (nSPS) is 19.8. The lowest BCUT2D eigenvalue weighted by atomic mass is 9.84. The van der Waals surface area contributed by atoms with Crippen molar-refractivity contribution in [1.82, 2.24) is 4.90 Å². The highest BCUT2D eigenvalue weighted by atomic mass is 19.3. The third-order valence-corrected chi connectivity index (χ3v) is 3.48. The monoisotopic (exact) mass is 293 g/mol. The number of carbonyl (C=O) groups excluding carboxylic acids is 1. The number of rotatable bonds is 3. The van der Waals surface area contributed by atoms with Crippen LogP contribution < -0.4 is 0 Å². The third-order valence-electron chi connectivity index (χ3n) is 3.48. The molecule has 7 heteroatoms. The summed E-state index contributed by atoms with van der Waals surface area (Å²) in [6.07, 6.45) is -0.606. The van der Waals surface area contributed by atoms with E-state index in [1.807, 2.05) is 20.8 Å². The molecule has 1 saturated heterocycles. The van der Waals surface area contributed by atoms with Crippen molar-refractivity contribution in [2.45, 2.75) is 51.6 Å². The molecule has 1 rings (SSSR count). The van der Waals surface area contributed by atoms with Crippen LogP contribution in [-0.2, 0) is 9.59 Å². The molecule has 1 heterocycles. The van der Waals surface area contributed by atoms with Crippen molar-refractivity contribution in [3.05, 3.63) is 0 Å². The van der Waals surface area contributed by atoms with Gasteiger partial charge in [0.2, 0.25) is 5.91 Å². The van der Waals surface area contributed by atoms with Gasteiger partial charge in [-0.05, 0) is 5.41 Å². The molecule has 0 saturated carbocycles. The first-order valence-corrected chi connectivity index (χ1v) is 6.50. The van der Waals surface area contributed by atoms with E-state index in [9.17, 15) is 23.5 Å². The number of halogens is 2. The van der Waals surface area contributed by atoms with Crippen molar-refractivity contribution >= 4 is 11.9 Å². The van der Waals surface area contributed by atoms with Crippen LogP contribution in [0.4, 0.5) is 8.78 Å². The van der Waals surface area contributed by atoms with Gasteiger partial charge in [-0.15, -0.1) is 0 Å². The van der Waals surface area contributed by atoms with E-state index >= 15 is 0 Å². The minimum Gasteiger partial charge on any atom is -0.477 e. The fraction of sp³-hybridized carbons (Fsp3) is 0.846. The summed E-state index contributed by atoms with van der Waals surface area (Å²) in [7, 11) is 0. The van der Waals surface area contributed by atoms with Gasteiger partial charge in [-0.2, -0.15) is 8.78 Å². The molecular formula is C13H21F2NO4. The van der Waals surface area contributed by atoms with Crippen molar-refractivity contribution in [2.75, 3.05) is 13.1 Å². The van der Waals surface area contributed by atoms with Crippen molar-refractivity contribution < 1.29 is 28.6 Å². The molecule has 0 aromatic rings. The second kappa shape index (κ2) is 5.27. The predicted octanol–water partition coefficient (Wildman–Crippen LogP) is 1.50. The van der Waals surface area contributed by atoms with Crippen LogP contribution in [0.2, 0.25) is 0 Å². The predicted molar refractivity (Wildman–Crippen MR) is 67.4 cm³/mol. The Morgan fingerprint density at radius 1 is 1.20 bits per heavy atom. The van der Waals surface area contributed by atoms with E-state index in [4.69, 9.17) is 5.11 Å². The Morgan fingerprint density at radius 2 is 1.65 bits per heavy atom. The maximum absolute atomic E-state index is 13.5. The molecule has 20 heavy (non-hydrogen) atoms. The maximum atomic E-state index is 13.5. The Labute approximate surface area is 116 Å². The number of likely N-dealkylation sites (tertiary alicyclic amines) is 1. The van der Waals surface area contributed by atoms with E-state index in [1.54, 1.807) is 0 Å². The minimum absolute atomic E-state index is 0.0612. The summed E-state index contributed by atoms with van der Waals surface area (Å²) in [5.74, 6) is -6.71. The van der Waals surface area contributed by atoms with Gasteiger partial charge < -0.3 is 15.1 Å². The summed E-state index contributed by atoms with van der Waals surface area (Å²) >= 11 is 0. The Bertz CT molecular complexity index is 396. The van der Waals surface area contributed by atoms with Crippen molar-refractivity contribution in [2.24, 2.45) is 5.41 Å². The van der Waals surface area contributed by atoms with Gasteiger partial charge in [0.25, 0.3) is 0 Å². The number of carboxylic acids is 1. The lowest BCUT2D eigenvalue weighted by Gasteiger charge is -2.41. The summed E-state index contributed by atoms with van der Waals surface area (Å²) in [4.78, 5) is 23.9. The van der Waals surface area contributed by atoms with Crippen LogP contribution in [0.25, 0.3) is 0 Å². The molecule has 1 fully saturated rings. The van der Waals surface area contributed by atoms with Gasteiger partial charge in [-0.3, -0.25) is 4.79 Å². The standard InChI is InChI=1S/C13H21F2NO4/c1-11(2,3)8-9(17)16-6-4-12(20,5-7-16)13(14,15)10(18)19/h20H,4-8H2,1-3H3,(H,18,19). The average Bonchev–Trinajstić information content (AvgIpc) is 2.27. The molecule has 0 aromatic heterocycles. The van der Waals surface area contributed by atoms with Gasteiger partial charge in [0.05, 0.1) is 0 Å². The summed E-state index contributed by atoms with van der Waals surface area (Å²) in [5, 5.41) is 18.3. The number of hydrogen-bond acceptors (Lipinski definition) is 3. The van der Waals surface area contributed by atoms with Crippen LogP contribution in [0.3, 0.4) is 0 Å². The van der Waals surface area contributed by atoms with Crippen molar-refractivity contribution in [1.29, 1.82) is 0 Å². The Hall–Kier alpha value is -1.24. The molecule has 1 aliphatic heterocycles. The number of aliphatic carboxylic acids is 1. The number of amides is 1. The first-order valence-electron chi connectivity index (χ1n) is 6.50. The number of alkyl halides is 2. The van der Waals surface area contributed by atoms with Gasteiger partial charge in [0, 0.05) is 32.4 Å². The van der Waals surface area contributed by atoms with Crippen LogP contribution in [0.5, 0.6) is 0 Å². The third kappa shape index (κ3) is 3.45. The van der Waals surface area contributed by atoms with E-state index in [0.29, 0.717) is 0 Å². The zero-order chi connectivity index (χ0) is 15.8. The Morgan fingerprint density at radius 3 is 2.00 bits per heavy atom. The highest BCUT2D eigenvalue weighted by molar-refractivity contribution is 5.78. The zero-order valence-corrected chi connectivity index (χ0v) is 11.9. The minimum atomic E-state index is -4.20. The molecule has 0 aromatic carbocycles. The van der Waals surface area contributed by atoms with Crippen LogP contribution >= 0.6 is 0 Å². The van der Waals surface area contributed by atoms with Gasteiger partial charge in [-0.1, -0.05) is 20.8 Å². The quantitative estimate of drug-likeness (QED) is 0.826. The van der Waals surface area contributed by atoms with Crippen LogP contribution in [0, 0.1) is 5.41 Å². The number of carbonyl (C=O) groups is 2. The van der Waals surface area contributed by atoms with E-state index < -0.39 is 30.3 Å². The molecule has 116 valence electrons. The fourth-order valence-electron chi connectivity index (χ4n) is 2.20. The molecular weight excluding hydrogens is 272 g/mol. The molecule has 0 aliphatic carbocycles. The summed E-state index contributed by atoms with van der Waals surface area (Å²) in [5.41, 5.74) is -2.80. The molecule has 0 bridgehead atoms. The zero-order valence-electron chi connectivity index (χ0n) is 11.9. The largest absolute Gasteiger partial charge is 0.477 e. The van der Waals surface area contributed by atoms with Gasteiger partial charge in [0.1, 0.15) is 5.60 Å². The van der Waals surface area contributed by atoms with Crippen LogP contribution in [0.15, 0.2) is 0 Å². The molecule has 0 atom stereocenters. The number of hydrogen-bond donors (Lipinski definition) is 2. The van der Waals surface area contributed by atoms with Gasteiger partial charge in [0.15, 0.2) is 0 Å². The van der Waals surface area contributed by atoms with Crippen LogP contribution in [0.1, 0.15) is 40.0 Å². The molecule has 0 unspecified atom stereocenters. The summed E-state index contributed by atoms with van der Waals surface area (Å²) in [6.45, 7) is 5.56. The number of piperidine rings is 1. The maximum Gasteiger partial charge on any atom is 0.377 e. The molecule has 0 spiro atoms. The first-order chi connectivity index (χ1) is 8.89. The first kappa shape index (κ1) is 16.8. The Balaban J connectivity index is 2.68. The lowest BCUT2D eigenvalue weighted by Crippen LogP contribution is -2.59. The van der Waals surface area contributed by atoms with Gasteiger partial charge >= 0.3 is 11.9 Å². The number of aliphatic hydroxyl groups is 1. The van der Waals surface area contributed by atoms with E-state index in [2.05, 4.69) is 0 Å². The molecule has 0 radical (unpaired) electrons. The average molecular weight is 293 g/mol. The summed E-state index contributed by atoms with van der Waals surface area (Å²) < 4.78 is 26.9.